The van der Waals surface area contributed by atoms with Crippen LogP contribution in [0, 0.1) is 6.92 Å². The summed E-state index contributed by atoms with van der Waals surface area (Å²) in [7, 11) is 0. The molecule has 0 aliphatic carbocycles. The molecule has 0 aliphatic heterocycles. The zero-order valence-electron chi connectivity index (χ0n) is 14.2. The molecular formula is C21H18BrClN2O. The normalized spacial score (nSPS) is 10.9. The Morgan fingerprint density at radius 2 is 1.77 bits per heavy atom. The number of rotatable bonds is 6. The van der Waals surface area contributed by atoms with Crippen LogP contribution in [0.25, 0.3) is 0 Å². The lowest BCUT2D eigenvalue weighted by atomic mass is 10.2. The van der Waals surface area contributed by atoms with Crippen molar-refractivity contribution < 1.29 is 4.74 Å². The van der Waals surface area contributed by atoms with E-state index in [9.17, 15) is 0 Å². The van der Waals surface area contributed by atoms with Gasteiger partial charge in [-0.05, 0) is 72.1 Å². The van der Waals surface area contributed by atoms with E-state index in [2.05, 4.69) is 26.5 Å². The lowest BCUT2D eigenvalue weighted by Gasteiger charge is -2.07. The second-order valence-corrected chi connectivity index (χ2v) is 7.14. The molecule has 0 saturated heterocycles. The van der Waals surface area contributed by atoms with E-state index >= 15 is 0 Å². The number of anilines is 1. The highest BCUT2D eigenvalue weighted by atomic mass is 79.9. The van der Waals surface area contributed by atoms with Crippen LogP contribution >= 0.6 is 27.5 Å². The summed E-state index contributed by atoms with van der Waals surface area (Å²) in [4.78, 5) is 0. The first-order valence-corrected chi connectivity index (χ1v) is 9.30. The van der Waals surface area contributed by atoms with Gasteiger partial charge < -0.3 is 4.74 Å². The molecule has 0 bridgehead atoms. The molecule has 1 N–H and O–H groups in total. The number of aryl methyl sites for hydroxylation is 1. The van der Waals surface area contributed by atoms with Crippen LogP contribution in [0.1, 0.15) is 16.7 Å². The second kappa shape index (κ2) is 8.88. The minimum Gasteiger partial charge on any atom is -0.489 e. The molecule has 0 radical (unpaired) electrons. The minimum atomic E-state index is 0.538. The van der Waals surface area contributed by atoms with Crippen molar-refractivity contribution in [3.05, 3.63) is 92.9 Å². The smallest absolute Gasteiger partial charge is 0.119 e. The molecule has 0 heterocycles. The van der Waals surface area contributed by atoms with Crippen molar-refractivity contribution in [3.8, 4) is 5.75 Å². The van der Waals surface area contributed by atoms with Crippen molar-refractivity contribution in [1.29, 1.82) is 0 Å². The van der Waals surface area contributed by atoms with E-state index < -0.39 is 0 Å². The van der Waals surface area contributed by atoms with Crippen LogP contribution in [0.15, 0.2) is 76.3 Å². The highest BCUT2D eigenvalue weighted by molar-refractivity contribution is 9.10. The van der Waals surface area contributed by atoms with Gasteiger partial charge in [-0.3, -0.25) is 5.43 Å². The van der Waals surface area contributed by atoms with Gasteiger partial charge in [0.15, 0.2) is 0 Å². The maximum atomic E-state index is 6.10. The van der Waals surface area contributed by atoms with Crippen LogP contribution in [-0.2, 0) is 6.61 Å². The first-order valence-electron chi connectivity index (χ1n) is 8.13. The fourth-order valence-electron chi connectivity index (χ4n) is 2.24. The Balaban J connectivity index is 1.53. The van der Waals surface area contributed by atoms with Gasteiger partial charge in [0.1, 0.15) is 12.4 Å². The number of benzene rings is 3. The molecule has 3 rings (SSSR count). The van der Waals surface area contributed by atoms with E-state index in [-0.39, 0.29) is 0 Å². The molecule has 0 aromatic heterocycles. The van der Waals surface area contributed by atoms with Gasteiger partial charge in [0.05, 0.1) is 11.9 Å². The average Bonchev–Trinajstić information content (AvgIpc) is 2.65. The third kappa shape index (κ3) is 5.35. The Morgan fingerprint density at radius 3 is 2.46 bits per heavy atom. The third-order valence-corrected chi connectivity index (χ3v) is 4.71. The highest BCUT2D eigenvalue weighted by Crippen LogP contribution is 2.20. The Kier molecular flexibility index (Phi) is 6.31. The van der Waals surface area contributed by atoms with Crippen molar-refractivity contribution in [1.82, 2.24) is 0 Å². The number of nitrogens with one attached hydrogen (secondary N) is 1. The Hall–Kier alpha value is -2.30. The standard InChI is InChI=1S/C21H18BrClN2O/c1-15-2-9-19(12-21(15)23)25-24-13-16-5-10-20(11-6-16)26-14-17-3-7-18(22)8-4-17/h2-13,25H,14H2,1H3. The van der Waals surface area contributed by atoms with Crippen molar-refractivity contribution in [2.45, 2.75) is 13.5 Å². The summed E-state index contributed by atoms with van der Waals surface area (Å²) in [5.41, 5.74) is 6.97. The summed E-state index contributed by atoms with van der Waals surface area (Å²) in [5, 5.41) is 4.96. The molecule has 3 nitrogen and oxygen atoms in total. The lowest BCUT2D eigenvalue weighted by molar-refractivity contribution is 0.306. The topological polar surface area (TPSA) is 33.6 Å². The molecule has 0 spiro atoms. The van der Waals surface area contributed by atoms with Gasteiger partial charge in [0.25, 0.3) is 0 Å². The highest BCUT2D eigenvalue weighted by Gasteiger charge is 1.98. The number of nitrogens with zero attached hydrogens (tertiary/aromatic N) is 1. The van der Waals surface area contributed by atoms with Gasteiger partial charge in [-0.25, -0.2) is 0 Å². The first kappa shape index (κ1) is 18.5. The largest absolute Gasteiger partial charge is 0.489 e. The number of hydrogen-bond donors (Lipinski definition) is 1. The van der Waals surface area contributed by atoms with Crippen LogP contribution in [0.4, 0.5) is 5.69 Å². The maximum absolute atomic E-state index is 6.10. The van der Waals surface area contributed by atoms with Crippen LogP contribution < -0.4 is 10.2 Å². The molecule has 5 heteroatoms. The zero-order valence-corrected chi connectivity index (χ0v) is 16.6. The monoisotopic (exact) mass is 428 g/mol. The van der Waals surface area contributed by atoms with Crippen LogP contribution in [0.2, 0.25) is 5.02 Å². The molecule has 0 saturated carbocycles. The van der Waals surface area contributed by atoms with E-state index in [4.69, 9.17) is 16.3 Å². The van der Waals surface area contributed by atoms with Crippen molar-refractivity contribution in [2.75, 3.05) is 5.43 Å². The fraction of sp³-hybridized carbons (Fsp3) is 0.0952. The Bertz CT molecular complexity index is 893. The summed E-state index contributed by atoms with van der Waals surface area (Å²) >= 11 is 9.53. The first-order chi connectivity index (χ1) is 12.6. The molecule has 0 atom stereocenters. The molecule has 0 unspecified atom stereocenters. The quantitative estimate of drug-likeness (QED) is 0.361. The molecule has 0 fully saturated rings. The number of ether oxygens (including phenoxy) is 1. The number of hydrogen-bond acceptors (Lipinski definition) is 3. The van der Waals surface area contributed by atoms with E-state index in [1.54, 1.807) is 6.21 Å². The van der Waals surface area contributed by atoms with E-state index in [1.165, 1.54) is 0 Å². The van der Waals surface area contributed by atoms with Crippen molar-refractivity contribution in [3.63, 3.8) is 0 Å². The molecule has 26 heavy (non-hydrogen) atoms. The zero-order chi connectivity index (χ0) is 18.4. The summed E-state index contributed by atoms with van der Waals surface area (Å²) in [6.45, 7) is 2.51. The minimum absolute atomic E-state index is 0.538. The van der Waals surface area contributed by atoms with Gasteiger partial charge in [0, 0.05) is 9.50 Å². The molecule has 0 aliphatic rings. The van der Waals surface area contributed by atoms with Crippen LogP contribution in [-0.4, -0.2) is 6.21 Å². The fourth-order valence-corrected chi connectivity index (χ4v) is 2.69. The Labute approximate surface area is 166 Å². The molecular weight excluding hydrogens is 412 g/mol. The van der Waals surface area contributed by atoms with Gasteiger partial charge in [-0.15, -0.1) is 0 Å². The van der Waals surface area contributed by atoms with Gasteiger partial charge in [-0.1, -0.05) is 45.7 Å². The van der Waals surface area contributed by atoms with Gasteiger partial charge >= 0.3 is 0 Å². The van der Waals surface area contributed by atoms with E-state index in [0.29, 0.717) is 6.61 Å². The maximum Gasteiger partial charge on any atom is 0.119 e. The number of hydrazone groups is 1. The van der Waals surface area contributed by atoms with Gasteiger partial charge in [0.2, 0.25) is 0 Å². The van der Waals surface area contributed by atoms with Crippen molar-refractivity contribution >= 4 is 39.4 Å². The van der Waals surface area contributed by atoms with Crippen molar-refractivity contribution in [2.24, 2.45) is 5.10 Å². The Morgan fingerprint density at radius 1 is 1.04 bits per heavy atom. The summed E-state index contributed by atoms with van der Waals surface area (Å²) < 4.78 is 6.86. The molecule has 3 aromatic rings. The van der Waals surface area contributed by atoms with Crippen LogP contribution in [0.5, 0.6) is 5.75 Å². The molecule has 132 valence electrons. The lowest BCUT2D eigenvalue weighted by Crippen LogP contribution is -1.95. The summed E-state index contributed by atoms with van der Waals surface area (Å²) in [6, 6.07) is 21.6. The predicted octanol–water partition coefficient (Wildman–Crippen LogP) is 6.44. The van der Waals surface area contributed by atoms with Gasteiger partial charge in [-0.2, -0.15) is 5.10 Å². The third-order valence-electron chi connectivity index (χ3n) is 3.78. The van der Waals surface area contributed by atoms with E-state index in [0.717, 1.165) is 37.6 Å². The SMILES string of the molecule is Cc1ccc(NN=Cc2ccc(OCc3ccc(Br)cc3)cc2)cc1Cl. The summed E-state index contributed by atoms with van der Waals surface area (Å²) in [6.07, 6.45) is 1.76. The summed E-state index contributed by atoms with van der Waals surface area (Å²) in [5.74, 6) is 0.823. The molecule has 3 aromatic carbocycles. The predicted molar refractivity (Wildman–Crippen MR) is 112 cm³/mol. The average molecular weight is 430 g/mol. The molecule has 0 amide bonds. The van der Waals surface area contributed by atoms with Crippen LogP contribution in [0.3, 0.4) is 0 Å². The second-order valence-electron chi connectivity index (χ2n) is 5.82. The number of halogens is 2. The van der Waals surface area contributed by atoms with E-state index in [1.807, 2.05) is 73.7 Å².